The van der Waals surface area contributed by atoms with Crippen molar-refractivity contribution in [3.63, 3.8) is 0 Å². The van der Waals surface area contributed by atoms with Gasteiger partial charge in [0.1, 0.15) is 5.75 Å². The zero-order valence-electron chi connectivity index (χ0n) is 11.2. The third-order valence-corrected chi connectivity index (χ3v) is 4.02. The summed E-state index contributed by atoms with van der Waals surface area (Å²) in [5.74, 6) is 0.665. The highest BCUT2D eigenvalue weighted by molar-refractivity contribution is 9.11. The van der Waals surface area contributed by atoms with Crippen LogP contribution in [0.25, 0.3) is 0 Å². The lowest BCUT2D eigenvalue weighted by Crippen LogP contribution is -2.17. The first-order chi connectivity index (χ1) is 9.23. The van der Waals surface area contributed by atoms with E-state index < -0.39 is 12.6 Å². The van der Waals surface area contributed by atoms with E-state index in [-0.39, 0.29) is 12.5 Å². The number of alkyl halides is 3. The minimum atomic E-state index is -4.08. The zero-order chi connectivity index (χ0) is 15.3. The summed E-state index contributed by atoms with van der Waals surface area (Å²) in [5, 5.41) is 3.18. The Labute approximate surface area is 133 Å². The zero-order valence-corrected chi connectivity index (χ0v) is 14.3. The molecule has 0 saturated heterocycles. The molecule has 0 heterocycles. The summed E-state index contributed by atoms with van der Waals surface area (Å²) in [6, 6.07) is 3.58. The second kappa shape index (κ2) is 7.54. The fourth-order valence-electron chi connectivity index (χ4n) is 1.74. The van der Waals surface area contributed by atoms with E-state index in [9.17, 15) is 13.2 Å². The van der Waals surface area contributed by atoms with Gasteiger partial charge >= 0.3 is 6.18 Å². The van der Waals surface area contributed by atoms with E-state index in [0.29, 0.717) is 12.2 Å². The van der Waals surface area contributed by atoms with Crippen molar-refractivity contribution >= 4 is 37.5 Å². The van der Waals surface area contributed by atoms with Crippen LogP contribution in [0.15, 0.2) is 21.1 Å². The molecule has 0 amide bonds. The summed E-state index contributed by atoms with van der Waals surface area (Å²) < 4.78 is 43.1. The maximum absolute atomic E-state index is 12.1. The van der Waals surface area contributed by atoms with Crippen LogP contribution >= 0.6 is 31.9 Å². The summed E-state index contributed by atoms with van der Waals surface area (Å²) in [7, 11) is 1.56. The number of anilines is 1. The Morgan fingerprint density at radius 3 is 2.45 bits per heavy atom. The lowest BCUT2D eigenvalue weighted by atomic mass is 10.1. The second-order valence-corrected chi connectivity index (χ2v) is 6.23. The quantitative estimate of drug-likeness (QED) is 0.634. The molecule has 0 saturated carbocycles. The van der Waals surface area contributed by atoms with Gasteiger partial charge in [-0.05, 0) is 57.7 Å². The Morgan fingerprint density at radius 1 is 1.25 bits per heavy atom. The number of hydrogen-bond acceptors (Lipinski definition) is 2. The summed E-state index contributed by atoms with van der Waals surface area (Å²) in [4.78, 5) is 0. The fourth-order valence-corrected chi connectivity index (χ4v) is 3.01. The molecule has 114 valence electrons. The monoisotopic (exact) mass is 417 g/mol. The van der Waals surface area contributed by atoms with E-state index in [4.69, 9.17) is 4.74 Å². The number of nitrogens with one attached hydrogen (secondary N) is 1. The topological polar surface area (TPSA) is 21.3 Å². The van der Waals surface area contributed by atoms with Gasteiger partial charge < -0.3 is 10.1 Å². The molecule has 0 spiro atoms. The van der Waals surface area contributed by atoms with Crippen LogP contribution in [0.4, 0.5) is 18.9 Å². The first kappa shape index (κ1) is 17.6. The number of rotatable bonds is 6. The van der Waals surface area contributed by atoms with Gasteiger partial charge in [-0.15, -0.1) is 0 Å². The van der Waals surface area contributed by atoms with Crippen molar-refractivity contribution in [2.45, 2.75) is 38.4 Å². The molecule has 20 heavy (non-hydrogen) atoms. The van der Waals surface area contributed by atoms with Crippen LogP contribution in [0.2, 0.25) is 0 Å². The summed E-state index contributed by atoms with van der Waals surface area (Å²) in [6.07, 6.45) is -4.27. The molecule has 2 nitrogen and oxygen atoms in total. The van der Waals surface area contributed by atoms with Crippen LogP contribution in [0.1, 0.15) is 26.2 Å². The van der Waals surface area contributed by atoms with Crippen molar-refractivity contribution in [1.29, 1.82) is 0 Å². The van der Waals surface area contributed by atoms with Crippen molar-refractivity contribution in [3.8, 4) is 5.75 Å². The smallest absolute Gasteiger partial charge is 0.389 e. The largest absolute Gasteiger partial charge is 0.495 e. The van der Waals surface area contributed by atoms with E-state index in [1.807, 2.05) is 13.0 Å². The average molecular weight is 419 g/mol. The Bertz CT molecular complexity index is 452. The van der Waals surface area contributed by atoms with Crippen molar-refractivity contribution in [1.82, 2.24) is 0 Å². The maximum Gasteiger partial charge on any atom is 0.389 e. The molecule has 0 aromatic heterocycles. The lowest BCUT2D eigenvalue weighted by Gasteiger charge is -2.18. The molecule has 1 unspecified atom stereocenters. The first-order valence-corrected chi connectivity index (χ1v) is 7.68. The van der Waals surface area contributed by atoms with E-state index >= 15 is 0 Å². The number of hydrogen-bond donors (Lipinski definition) is 1. The van der Waals surface area contributed by atoms with Crippen LogP contribution in [0.5, 0.6) is 5.75 Å². The molecule has 1 atom stereocenters. The standard InChI is InChI=1S/C13H16Br2F3NO/c1-8(4-3-5-13(16,17)18)19-11-7-12(20-2)10(15)6-9(11)14/h6-8,19H,3-5H2,1-2H3. The molecular formula is C13H16Br2F3NO. The second-order valence-electron chi connectivity index (χ2n) is 4.52. The lowest BCUT2D eigenvalue weighted by molar-refractivity contribution is -0.135. The number of halogens is 5. The van der Waals surface area contributed by atoms with E-state index in [1.54, 1.807) is 13.2 Å². The molecule has 7 heteroatoms. The number of ether oxygens (including phenoxy) is 1. The molecule has 1 aromatic carbocycles. The Balaban J connectivity index is 2.59. The van der Waals surface area contributed by atoms with Gasteiger partial charge in [0.05, 0.1) is 17.3 Å². The predicted molar refractivity (Wildman–Crippen MR) is 81.4 cm³/mol. The van der Waals surface area contributed by atoms with Crippen molar-refractivity contribution in [2.75, 3.05) is 12.4 Å². The van der Waals surface area contributed by atoms with Gasteiger partial charge in [-0.25, -0.2) is 0 Å². The fraction of sp³-hybridized carbons (Fsp3) is 0.538. The van der Waals surface area contributed by atoms with Crippen molar-refractivity contribution < 1.29 is 17.9 Å². The third kappa shape index (κ3) is 5.91. The molecule has 0 fully saturated rings. The predicted octanol–water partition coefficient (Wildman–Crippen LogP) is 5.75. The van der Waals surface area contributed by atoms with Gasteiger partial charge in [0.2, 0.25) is 0 Å². The van der Waals surface area contributed by atoms with Gasteiger partial charge in [0.25, 0.3) is 0 Å². The van der Waals surface area contributed by atoms with Crippen LogP contribution in [-0.2, 0) is 0 Å². The third-order valence-electron chi connectivity index (χ3n) is 2.74. The number of methoxy groups -OCH3 is 1. The molecule has 1 rings (SSSR count). The van der Waals surface area contributed by atoms with Gasteiger partial charge in [0, 0.05) is 23.0 Å². The summed E-state index contributed by atoms with van der Waals surface area (Å²) in [5.41, 5.74) is 0.796. The first-order valence-electron chi connectivity index (χ1n) is 6.09. The highest BCUT2D eigenvalue weighted by Gasteiger charge is 2.26. The number of benzene rings is 1. The van der Waals surface area contributed by atoms with E-state index in [2.05, 4.69) is 37.2 Å². The van der Waals surface area contributed by atoms with Crippen LogP contribution in [-0.4, -0.2) is 19.3 Å². The van der Waals surface area contributed by atoms with Gasteiger partial charge in [-0.3, -0.25) is 0 Å². The highest BCUT2D eigenvalue weighted by atomic mass is 79.9. The molecule has 0 radical (unpaired) electrons. The van der Waals surface area contributed by atoms with E-state index in [0.717, 1.165) is 14.6 Å². The van der Waals surface area contributed by atoms with Gasteiger partial charge in [-0.1, -0.05) is 0 Å². The molecule has 1 N–H and O–H groups in total. The molecular weight excluding hydrogens is 403 g/mol. The molecule has 1 aromatic rings. The Kier molecular flexibility index (Phi) is 6.64. The summed E-state index contributed by atoms with van der Waals surface area (Å²) >= 11 is 6.77. The van der Waals surface area contributed by atoms with Crippen LogP contribution in [0, 0.1) is 0 Å². The molecule has 0 aliphatic heterocycles. The van der Waals surface area contributed by atoms with Gasteiger partial charge in [0.15, 0.2) is 0 Å². The SMILES string of the molecule is COc1cc(NC(C)CCCC(F)(F)F)c(Br)cc1Br. The van der Waals surface area contributed by atoms with Gasteiger partial charge in [-0.2, -0.15) is 13.2 Å². The highest BCUT2D eigenvalue weighted by Crippen LogP contribution is 2.35. The van der Waals surface area contributed by atoms with Crippen molar-refractivity contribution in [2.24, 2.45) is 0 Å². The van der Waals surface area contributed by atoms with E-state index in [1.165, 1.54) is 0 Å². The Morgan fingerprint density at radius 2 is 1.90 bits per heavy atom. The normalized spacial score (nSPS) is 13.2. The average Bonchev–Trinajstić information content (AvgIpc) is 2.31. The molecule has 0 aliphatic rings. The van der Waals surface area contributed by atoms with Crippen LogP contribution in [0.3, 0.4) is 0 Å². The maximum atomic E-state index is 12.1. The Hall–Kier alpha value is -0.430. The minimum absolute atomic E-state index is 0.0560. The molecule has 0 bridgehead atoms. The van der Waals surface area contributed by atoms with Crippen molar-refractivity contribution in [3.05, 3.63) is 21.1 Å². The molecule has 0 aliphatic carbocycles. The van der Waals surface area contributed by atoms with Crippen LogP contribution < -0.4 is 10.1 Å². The summed E-state index contributed by atoms with van der Waals surface area (Å²) in [6.45, 7) is 1.86. The minimum Gasteiger partial charge on any atom is -0.495 e.